The van der Waals surface area contributed by atoms with E-state index in [2.05, 4.69) is 34.2 Å². The van der Waals surface area contributed by atoms with Crippen molar-refractivity contribution in [2.45, 2.75) is 13.0 Å². The van der Waals surface area contributed by atoms with E-state index in [-0.39, 0.29) is 5.91 Å². The minimum atomic E-state index is -0.0993. The van der Waals surface area contributed by atoms with E-state index >= 15 is 0 Å². The van der Waals surface area contributed by atoms with Crippen molar-refractivity contribution < 1.29 is 4.79 Å². The number of carbonyl (C=O) groups excluding carboxylic acids is 1. The molecule has 1 amide bonds. The number of benzene rings is 1. The summed E-state index contributed by atoms with van der Waals surface area (Å²) in [5, 5.41) is 0. The Morgan fingerprint density at radius 1 is 1.28 bits per heavy atom. The second-order valence-corrected chi connectivity index (χ2v) is 4.88. The second kappa shape index (κ2) is 4.86. The summed E-state index contributed by atoms with van der Waals surface area (Å²) in [7, 11) is 0. The number of aliphatic imine (C=N–C) groups is 1. The molecule has 0 N–H and O–H groups in total. The Morgan fingerprint density at radius 3 is 2.94 bits per heavy atom. The van der Waals surface area contributed by atoms with Gasteiger partial charge < -0.3 is 0 Å². The van der Waals surface area contributed by atoms with Crippen LogP contribution in [0.2, 0.25) is 0 Å². The number of amides is 1. The summed E-state index contributed by atoms with van der Waals surface area (Å²) in [6, 6.07) is 10.5. The highest BCUT2D eigenvalue weighted by molar-refractivity contribution is 6.05. The summed E-state index contributed by atoms with van der Waals surface area (Å²) < 4.78 is 0. The molecule has 1 aromatic carbocycles. The number of fused-ring (bicyclic) bond motifs is 1. The van der Waals surface area contributed by atoms with Crippen molar-refractivity contribution in [1.29, 1.82) is 0 Å². The van der Waals surface area contributed by atoms with Gasteiger partial charge in [-0.15, -0.1) is 0 Å². The monoisotopic (exact) mass is 240 g/mol. The number of piperidine rings is 1. The van der Waals surface area contributed by atoms with Gasteiger partial charge in [0, 0.05) is 37.3 Å². The van der Waals surface area contributed by atoms with Gasteiger partial charge >= 0.3 is 0 Å². The van der Waals surface area contributed by atoms with Crippen LogP contribution in [-0.2, 0) is 11.3 Å². The number of hydrogen-bond donors (Lipinski definition) is 0. The number of nitrogens with zero attached hydrogens (tertiary/aromatic N) is 2. The van der Waals surface area contributed by atoms with Gasteiger partial charge in [0.2, 0.25) is 0 Å². The third-order valence-corrected chi connectivity index (χ3v) is 3.54. The van der Waals surface area contributed by atoms with Crippen LogP contribution in [0, 0.1) is 5.92 Å². The smallest absolute Gasteiger partial charge is 0.269 e. The quantitative estimate of drug-likeness (QED) is 0.792. The molecule has 3 nitrogen and oxygen atoms in total. The third-order valence-electron chi connectivity index (χ3n) is 3.54. The molecule has 2 heterocycles. The number of dihydropyridines is 1. The van der Waals surface area contributed by atoms with Crippen LogP contribution < -0.4 is 0 Å². The van der Waals surface area contributed by atoms with E-state index in [1.54, 1.807) is 6.08 Å². The van der Waals surface area contributed by atoms with Crippen LogP contribution >= 0.6 is 0 Å². The van der Waals surface area contributed by atoms with Crippen LogP contribution in [0.1, 0.15) is 12.0 Å². The van der Waals surface area contributed by atoms with E-state index in [1.165, 1.54) is 5.56 Å². The minimum Gasteiger partial charge on any atom is -0.298 e. The van der Waals surface area contributed by atoms with Crippen LogP contribution in [0.15, 0.2) is 47.5 Å². The molecule has 3 heteroatoms. The van der Waals surface area contributed by atoms with E-state index in [0.717, 1.165) is 31.8 Å². The summed E-state index contributed by atoms with van der Waals surface area (Å²) >= 11 is 0. The van der Waals surface area contributed by atoms with Crippen molar-refractivity contribution in [1.82, 2.24) is 4.90 Å². The van der Waals surface area contributed by atoms with Gasteiger partial charge in [-0.1, -0.05) is 36.4 Å². The molecule has 1 fully saturated rings. The van der Waals surface area contributed by atoms with Gasteiger partial charge in [0.1, 0.15) is 0 Å². The summed E-state index contributed by atoms with van der Waals surface area (Å²) in [4.78, 5) is 17.7. The highest BCUT2D eigenvalue weighted by atomic mass is 16.1. The Balaban J connectivity index is 1.66. The molecule has 92 valence electrons. The zero-order valence-corrected chi connectivity index (χ0v) is 10.2. The molecule has 18 heavy (non-hydrogen) atoms. The first kappa shape index (κ1) is 11.4. The zero-order valence-electron chi connectivity index (χ0n) is 10.2. The molecular weight excluding hydrogens is 224 g/mol. The average Bonchev–Trinajstić information content (AvgIpc) is 2.40. The fraction of sp³-hybridized carbons (Fsp3) is 0.333. The maximum atomic E-state index is 11.2. The molecular formula is C15H16N2O. The van der Waals surface area contributed by atoms with Crippen molar-refractivity contribution in [2.24, 2.45) is 10.9 Å². The van der Waals surface area contributed by atoms with Gasteiger partial charge in [0.05, 0.1) is 0 Å². The standard InChI is InChI=1S/C15H16N2O/c18-15-7-6-13-11-17(9-8-14(13)16-15)10-12-4-2-1-3-5-12/h1-7,13H,8-11H2. The lowest BCUT2D eigenvalue weighted by molar-refractivity contribution is -0.113. The minimum absolute atomic E-state index is 0.0993. The largest absolute Gasteiger partial charge is 0.298 e. The molecule has 1 atom stereocenters. The van der Waals surface area contributed by atoms with E-state index in [0.29, 0.717) is 5.92 Å². The molecule has 0 radical (unpaired) electrons. The fourth-order valence-electron chi connectivity index (χ4n) is 2.61. The molecule has 1 saturated heterocycles. The SMILES string of the molecule is O=C1C=CC2CN(Cc3ccccc3)CCC2=N1. The van der Waals surface area contributed by atoms with Crippen molar-refractivity contribution in [3.05, 3.63) is 48.0 Å². The topological polar surface area (TPSA) is 32.7 Å². The lowest BCUT2D eigenvalue weighted by Crippen LogP contribution is -2.40. The molecule has 2 aliphatic rings. The number of hydrogen-bond acceptors (Lipinski definition) is 2. The molecule has 0 spiro atoms. The van der Waals surface area contributed by atoms with Gasteiger partial charge in [0.15, 0.2) is 0 Å². The summed E-state index contributed by atoms with van der Waals surface area (Å²) in [5.74, 6) is 0.234. The maximum Gasteiger partial charge on any atom is 0.269 e. The number of rotatable bonds is 2. The number of carbonyl (C=O) groups is 1. The van der Waals surface area contributed by atoms with Crippen molar-refractivity contribution in [3.8, 4) is 0 Å². The Hall–Kier alpha value is -1.74. The Bertz CT molecular complexity index is 504. The highest BCUT2D eigenvalue weighted by Crippen LogP contribution is 2.20. The van der Waals surface area contributed by atoms with E-state index < -0.39 is 0 Å². The normalized spacial score (nSPS) is 23.7. The van der Waals surface area contributed by atoms with Gasteiger partial charge in [-0.05, 0) is 12.0 Å². The van der Waals surface area contributed by atoms with E-state index in [4.69, 9.17) is 0 Å². The fourth-order valence-corrected chi connectivity index (χ4v) is 2.61. The molecule has 0 aromatic heterocycles. The highest BCUT2D eigenvalue weighted by Gasteiger charge is 2.26. The first-order valence-corrected chi connectivity index (χ1v) is 6.37. The molecule has 2 aliphatic heterocycles. The summed E-state index contributed by atoms with van der Waals surface area (Å²) in [5.41, 5.74) is 2.40. The molecule has 1 aromatic rings. The maximum absolute atomic E-state index is 11.2. The van der Waals surface area contributed by atoms with Crippen LogP contribution in [0.4, 0.5) is 0 Å². The average molecular weight is 240 g/mol. The molecule has 0 saturated carbocycles. The number of likely N-dealkylation sites (tertiary alicyclic amines) is 1. The van der Waals surface area contributed by atoms with Gasteiger partial charge in [0.25, 0.3) is 5.91 Å². The van der Waals surface area contributed by atoms with Crippen molar-refractivity contribution >= 4 is 11.6 Å². The first-order chi connectivity index (χ1) is 8.81. The lowest BCUT2D eigenvalue weighted by Gasteiger charge is -2.33. The second-order valence-electron chi connectivity index (χ2n) is 4.88. The van der Waals surface area contributed by atoms with Crippen molar-refractivity contribution in [3.63, 3.8) is 0 Å². The lowest BCUT2D eigenvalue weighted by atomic mass is 9.93. The van der Waals surface area contributed by atoms with E-state index in [9.17, 15) is 4.79 Å². The molecule has 0 bridgehead atoms. The van der Waals surface area contributed by atoms with E-state index in [1.807, 2.05) is 12.1 Å². The van der Waals surface area contributed by atoms with Crippen LogP contribution in [0.25, 0.3) is 0 Å². The molecule has 3 rings (SSSR count). The van der Waals surface area contributed by atoms with Gasteiger partial charge in [-0.3, -0.25) is 9.69 Å². The Labute approximate surface area is 107 Å². The van der Waals surface area contributed by atoms with Crippen LogP contribution in [-0.4, -0.2) is 29.6 Å². The van der Waals surface area contributed by atoms with Crippen LogP contribution in [0.5, 0.6) is 0 Å². The molecule has 0 aliphatic carbocycles. The summed E-state index contributed by atoms with van der Waals surface area (Å²) in [6.45, 7) is 2.94. The first-order valence-electron chi connectivity index (χ1n) is 6.37. The van der Waals surface area contributed by atoms with Gasteiger partial charge in [-0.2, -0.15) is 0 Å². The Morgan fingerprint density at radius 2 is 2.11 bits per heavy atom. The van der Waals surface area contributed by atoms with Crippen molar-refractivity contribution in [2.75, 3.05) is 13.1 Å². The summed E-state index contributed by atoms with van der Waals surface area (Å²) in [6.07, 6.45) is 4.51. The zero-order chi connectivity index (χ0) is 12.4. The predicted octanol–water partition coefficient (Wildman–Crippen LogP) is 2.05. The predicted molar refractivity (Wildman–Crippen MR) is 71.4 cm³/mol. The third kappa shape index (κ3) is 2.41. The van der Waals surface area contributed by atoms with Crippen LogP contribution in [0.3, 0.4) is 0 Å². The van der Waals surface area contributed by atoms with Gasteiger partial charge in [-0.25, -0.2) is 4.99 Å². The molecule has 1 unspecified atom stereocenters. The Kier molecular flexibility index (Phi) is 3.07.